The van der Waals surface area contributed by atoms with E-state index in [1.165, 1.54) is 6.07 Å². The Labute approximate surface area is 188 Å². The van der Waals surface area contributed by atoms with E-state index in [9.17, 15) is 18.0 Å². The van der Waals surface area contributed by atoms with Gasteiger partial charge in [-0.25, -0.2) is 0 Å². The van der Waals surface area contributed by atoms with E-state index in [0.29, 0.717) is 56.0 Å². The van der Waals surface area contributed by atoms with Crippen LogP contribution in [0.4, 0.5) is 19.0 Å². The Morgan fingerprint density at radius 3 is 2.45 bits per heavy atom. The van der Waals surface area contributed by atoms with Gasteiger partial charge in [0.1, 0.15) is 5.82 Å². The number of anilines is 1. The van der Waals surface area contributed by atoms with Crippen LogP contribution in [0.2, 0.25) is 0 Å². The third kappa shape index (κ3) is 5.41. The van der Waals surface area contributed by atoms with E-state index in [0.717, 1.165) is 11.1 Å². The number of amides is 1. The minimum absolute atomic E-state index is 0.0189. The van der Waals surface area contributed by atoms with Gasteiger partial charge < -0.3 is 15.0 Å². The van der Waals surface area contributed by atoms with Crippen LogP contribution in [0.25, 0.3) is 5.65 Å². The first-order valence-electron chi connectivity index (χ1n) is 10.8. The zero-order valence-corrected chi connectivity index (χ0v) is 18.2. The SMILES string of the molecule is CCOCc1ccc(CNC(=O)C2CCN(c3ccc4nnc(C(F)(F)F)n4n3)CC2)cc1. The second kappa shape index (κ2) is 9.74. The molecule has 2 aromatic heterocycles. The molecule has 0 radical (unpaired) electrons. The highest BCUT2D eigenvalue weighted by Gasteiger charge is 2.38. The van der Waals surface area contributed by atoms with E-state index >= 15 is 0 Å². The van der Waals surface area contributed by atoms with E-state index in [2.05, 4.69) is 20.6 Å². The summed E-state index contributed by atoms with van der Waals surface area (Å²) in [6, 6.07) is 11.0. The molecule has 1 N–H and O–H groups in total. The molecule has 1 aromatic carbocycles. The van der Waals surface area contributed by atoms with Crippen molar-refractivity contribution in [3.05, 3.63) is 53.3 Å². The summed E-state index contributed by atoms with van der Waals surface area (Å²) in [5, 5.41) is 13.8. The maximum Gasteiger partial charge on any atom is 0.453 e. The lowest BCUT2D eigenvalue weighted by atomic mass is 9.96. The van der Waals surface area contributed by atoms with Gasteiger partial charge in [0, 0.05) is 32.2 Å². The summed E-state index contributed by atoms with van der Waals surface area (Å²) in [5.41, 5.74) is 2.12. The number of hydrogen-bond donors (Lipinski definition) is 1. The van der Waals surface area contributed by atoms with Crippen molar-refractivity contribution >= 4 is 17.4 Å². The topological polar surface area (TPSA) is 84.6 Å². The molecular formula is C22H25F3N6O2. The Morgan fingerprint density at radius 1 is 1.09 bits per heavy atom. The van der Waals surface area contributed by atoms with Crippen molar-refractivity contribution in [1.29, 1.82) is 0 Å². The molecule has 4 rings (SSSR count). The molecular weight excluding hydrogens is 437 g/mol. The number of carbonyl (C=O) groups is 1. The maximum absolute atomic E-state index is 13.1. The molecule has 0 unspecified atom stereocenters. The third-order valence-electron chi connectivity index (χ3n) is 5.65. The number of fused-ring (bicyclic) bond motifs is 1. The fraction of sp³-hybridized carbons (Fsp3) is 0.455. The van der Waals surface area contributed by atoms with Crippen molar-refractivity contribution in [2.24, 2.45) is 5.92 Å². The molecule has 0 atom stereocenters. The summed E-state index contributed by atoms with van der Waals surface area (Å²) in [7, 11) is 0. The highest BCUT2D eigenvalue weighted by Crippen LogP contribution is 2.28. The van der Waals surface area contributed by atoms with E-state index < -0.39 is 12.0 Å². The Hall–Kier alpha value is -3.21. The number of hydrogen-bond acceptors (Lipinski definition) is 6. The molecule has 11 heteroatoms. The van der Waals surface area contributed by atoms with Crippen LogP contribution in [0.1, 0.15) is 36.7 Å². The molecule has 0 aliphatic carbocycles. The number of carbonyl (C=O) groups excluding carboxylic acids is 1. The molecule has 0 saturated carbocycles. The molecule has 1 aliphatic rings. The monoisotopic (exact) mass is 462 g/mol. The van der Waals surface area contributed by atoms with Gasteiger partial charge in [0.05, 0.1) is 6.61 Å². The van der Waals surface area contributed by atoms with Crippen LogP contribution in [0.5, 0.6) is 0 Å². The molecule has 3 aromatic rings. The second-order valence-electron chi connectivity index (χ2n) is 7.92. The number of nitrogens with one attached hydrogen (secondary N) is 1. The van der Waals surface area contributed by atoms with Gasteiger partial charge >= 0.3 is 6.18 Å². The molecule has 0 spiro atoms. The van der Waals surface area contributed by atoms with Crippen LogP contribution in [0, 0.1) is 5.92 Å². The molecule has 0 bridgehead atoms. The summed E-state index contributed by atoms with van der Waals surface area (Å²) < 4.78 is 45.4. The zero-order chi connectivity index (χ0) is 23.4. The van der Waals surface area contributed by atoms with E-state index in [1.54, 1.807) is 6.07 Å². The van der Waals surface area contributed by atoms with Crippen LogP contribution in [0.15, 0.2) is 36.4 Å². The number of halogens is 3. The van der Waals surface area contributed by atoms with Gasteiger partial charge in [-0.2, -0.15) is 17.7 Å². The predicted octanol–water partition coefficient (Wildman–Crippen LogP) is 3.21. The lowest BCUT2D eigenvalue weighted by molar-refractivity contribution is -0.146. The summed E-state index contributed by atoms with van der Waals surface area (Å²) in [6.45, 7) is 4.66. The van der Waals surface area contributed by atoms with Crippen molar-refractivity contribution in [2.45, 2.75) is 39.1 Å². The van der Waals surface area contributed by atoms with Crippen LogP contribution >= 0.6 is 0 Å². The van der Waals surface area contributed by atoms with Gasteiger partial charge in [0.2, 0.25) is 5.91 Å². The summed E-state index contributed by atoms with van der Waals surface area (Å²) in [6.07, 6.45) is -3.46. The Bertz CT molecular complexity index is 1090. The number of alkyl halides is 3. The Morgan fingerprint density at radius 2 is 1.79 bits per heavy atom. The third-order valence-corrected chi connectivity index (χ3v) is 5.65. The average molecular weight is 462 g/mol. The summed E-state index contributed by atoms with van der Waals surface area (Å²) >= 11 is 0. The number of nitrogens with zero attached hydrogens (tertiary/aromatic N) is 5. The van der Waals surface area contributed by atoms with Gasteiger partial charge in [-0.05, 0) is 43.0 Å². The minimum atomic E-state index is -4.64. The van der Waals surface area contributed by atoms with E-state index in [4.69, 9.17) is 4.74 Å². The number of rotatable bonds is 7. The normalized spacial score (nSPS) is 15.2. The van der Waals surface area contributed by atoms with Gasteiger partial charge in [0.25, 0.3) is 5.82 Å². The molecule has 1 fully saturated rings. The number of aromatic nitrogens is 4. The lowest BCUT2D eigenvalue weighted by Gasteiger charge is -2.32. The number of benzene rings is 1. The highest BCUT2D eigenvalue weighted by atomic mass is 19.4. The molecule has 1 saturated heterocycles. The average Bonchev–Trinajstić information content (AvgIpc) is 3.26. The van der Waals surface area contributed by atoms with Crippen molar-refractivity contribution in [1.82, 2.24) is 25.1 Å². The van der Waals surface area contributed by atoms with Gasteiger partial charge in [0.15, 0.2) is 5.65 Å². The van der Waals surface area contributed by atoms with Crippen molar-refractivity contribution in [3.63, 3.8) is 0 Å². The highest BCUT2D eigenvalue weighted by molar-refractivity contribution is 5.79. The van der Waals surface area contributed by atoms with Crippen LogP contribution < -0.4 is 10.2 Å². The first kappa shape index (κ1) is 23.0. The molecule has 1 amide bonds. The molecule has 8 nitrogen and oxygen atoms in total. The molecule has 3 heterocycles. The maximum atomic E-state index is 13.1. The van der Waals surface area contributed by atoms with Crippen LogP contribution in [-0.2, 0) is 28.9 Å². The smallest absolute Gasteiger partial charge is 0.377 e. The van der Waals surface area contributed by atoms with Gasteiger partial charge in [-0.15, -0.1) is 15.3 Å². The standard InChI is InChI=1S/C22H25F3N6O2/c1-2-33-14-16-5-3-15(4-6-16)13-26-20(32)17-9-11-30(12-10-17)19-8-7-18-27-28-21(22(23,24)25)31(18)29-19/h3-8,17H,2,9-14H2,1H3,(H,26,32). The largest absolute Gasteiger partial charge is 0.453 e. The Balaban J connectivity index is 1.31. The predicted molar refractivity (Wildman–Crippen MR) is 114 cm³/mol. The van der Waals surface area contributed by atoms with Crippen molar-refractivity contribution < 1.29 is 22.7 Å². The molecule has 33 heavy (non-hydrogen) atoms. The van der Waals surface area contributed by atoms with Gasteiger partial charge in [-0.1, -0.05) is 24.3 Å². The quantitative estimate of drug-likeness (QED) is 0.581. The van der Waals surface area contributed by atoms with Crippen molar-refractivity contribution in [3.8, 4) is 0 Å². The molecule has 1 aliphatic heterocycles. The number of ether oxygens (including phenoxy) is 1. The summed E-state index contributed by atoms with van der Waals surface area (Å²) in [5.74, 6) is -0.921. The fourth-order valence-corrected chi connectivity index (χ4v) is 3.80. The zero-order valence-electron chi connectivity index (χ0n) is 18.2. The lowest BCUT2D eigenvalue weighted by Crippen LogP contribution is -2.40. The first-order valence-corrected chi connectivity index (χ1v) is 10.8. The fourth-order valence-electron chi connectivity index (χ4n) is 3.80. The van der Waals surface area contributed by atoms with Crippen LogP contribution in [-0.4, -0.2) is 45.4 Å². The second-order valence-corrected chi connectivity index (χ2v) is 7.92. The first-order chi connectivity index (χ1) is 15.8. The van der Waals surface area contributed by atoms with Crippen LogP contribution in [0.3, 0.4) is 0 Å². The van der Waals surface area contributed by atoms with E-state index in [1.807, 2.05) is 36.1 Å². The molecule has 176 valence electrons. The van der Waals surface area contributed by atoms with E-state index in [-0.39, 0.29) is 17.5 Å². The van der Waals surface area contributed by atoms with Crippen molar-refractivity contribution in [2.75, 3.05) is 24.6 Å². The summed E-state index contributed by atoms with van der Waals surface area (Å²) in [4.78, 5) is 14.5. The minimum Gasteiger partial charge on any atom is -0.377 e. The Kier molecular flexibility index (Phi) is 6.77. The van der Waals surface area contributed by atoms with Gasteiger partial charge in [-0.3, -0.25) is 4.79 Å². The number of piperidine rings is 1.